The van der Waals surface area contributed by atoms with E-state index in [1.54, 1.807) is 18.2 Å². The quantitative estimate of drug-likeness (QED) is 0.893. The number of nitrogens with zero attached hydrogens (tertiary/aromatic N) is 1. The van der Waals surface area contributed by atoms with Crippen molar-refractivity contribution in [2.75, 3.05) is 17.3 Å². The van der Waals surface area contributed by atoms with Crippen molar-refractivity contribution in [2.45, 2.75) is 0 Å². The first-order valence-electron chi connectivity index (χ1n) is 6.08. The first-order valence-corrected chi connectivity index (χ1v) is 6.84. The molecule has 8 heteroatoms. The maximum atomic E-state index is 12.2. The van der Waals surface area contributed by atoms with Crippen molar-refractivity contribution in [1.29, 1.82) is 0 Å². The van der Waals surface area contributed by atoms with Crippen LogP contribution in [-0.2, 0) is 4.79 Å². The van der Waals surface area contributed by atoms with Gasteiger partial charge in [0.25, 0.3) is 11.8 Å². The Morgan fingerprint density at radius 1 is 1.14 bits per heavy atom. The molecule has 2 aromatic rings. The second-order valence-corrected chi connectivity index (χ2v) is 4.98. The van der Waals surface area contributed by atoms with Crippen molar-refractivity contribution >= 4 is 46.5 Å². The molecule has 0 unspecified atom stereocenters. The number of anilines is 2. The van der Waals surface area contributed by atoms with Gasteiger partial charge in [0, 0.05) is 18.0 Å². The van der Waals surface area contributed by atoms with Gasteiger partial charge in [-0.05, 0) is 18.2 Å². The number of carbonyl (C=O) groups is 2. The Bertz CT molecular complexity index is 705. The molecule has 0 radical (unpaired) electrons. The van der Waals surface area contributed by atoms with E-state index in [4.69, 9.17) is 23.2 Å². The Hall–Kier alpha value is -2.18. The normalized spacial score (nSPS) is 10.1. The monoisotopic (exact) mass is 341 g/mol. The topological polar surface area (TPSA) is 71.1 Å². The van der Waals surface area contributed by atoms with Crippen LogP contribution in [0.4, 0.5) is 15.9 Å². The minimum absolute atomic E-state index is 0.116. The molecule has 0 spiro atoms. The predicted octanol–water partition coefficient (Wildman–Crippen LogP) is 3.55. The fraction of sp³-hybridized carbons (Fsp3) is 0.0714. The number of pyridine rings is 1. The van der Waals surface area contributed by atoms with Crippen molar-refractivity contribution < 1.29 is 14.0 Å². The van der Waals surface area contributed by atoms with Gasteiger partial charge >= 0.3 is 0 Å². The fourth-order valence-corrected chi connectivity index (χ4v) is 2.23. The van der Waals surface area contributed by atoms with Crippen molar-refractivity contribution in [1.82, 2.24) is 4.98 Å². The number of hydrogen-bond donors (Lipinski definition) is 2. The van der Waals surface area contributed by atoms with Gasteiger partial charge in [-0.3, -0.25) is 9.59 Å². The Morgan fingerprint density at radius 3 is 2.45 bits per heavy atom. The van der Waals surface area contributed by atoms with Crippen LogP contribution < -0.4 is 10.6 Å². The van der Waals surface area contributed by atoms with E-state index in [-0.39, 0.29) is 21.4 Å². The van der Waals surface area contributed by atoms with Gasteiger partial charge in [0.05, 0.1) is 15.6 Å². The molecule has 5 nitrogen and oxygen atoms in total. The van der Waals surface area contributed by atoms with E-state index in [1.165, 1.54) is 18.3 Å². The van der Waals surface area contributed by atoms with Crippen LogP contribution in [0.2, 0.25) is 10.0 Å². The number of amides is 2. The van der Waals surface area contributed by atoms with E-state index in [2.05, 4.69) is 15.6 Å². The van der Waals surface area contributed by atoms with Gasteiger partial charge in [0.1, 0.15) is 5.82 Å². The molecule has 2 N–H and O–H groups in total. The number of nitrogens with one attached hydrogen (secondary N) is 2. The molecule has 0 aliphatic heterocycles. The Morgan fingerprint density at radius 2 is 1.82 bits per heavy atom. The first-order chi connectivity index (χ1) is 10.5. The molecule has 2 rings (SSSR count). The lowest BCUT2D eigenvalue weighted by Crippen LogP contribution is -2.16. The zero-order valence-electron chi connectivity index (χ0n) is 11.1. The average Bonchev–Trinajstić information content (AvgIpc) is 2.47. The molecule has 114 valence electrons. The molecule has 1 aromatic heterocycles. The van der Waals surface area contributed by atoms with Crippen LogP contribution in [0.1, 0.15) is 10.4 Å². The van der Waals surface area contributed by atoms with E-state index in [1.807, 2.05) is 0 Å². The summed E-state index contributed by atoms with van der Waals surface area (Å²) in [5.41, 5.74) is 0.488. The number of hydrogen-bond acceptors (Lipinski definition) is 3. The number of carbonyl (C=O) groups excluding carboxylic acids is 2. The highest BCUT2D eigenvalue weighted by molar-refractivity contribution is 6.40. The van der Waals surface area contributed by atoms with E-state index < -0.39 is 18.5 Å². The fourth-order valence-electron chi connectivity index (χ4n) is 1.66. The summed E-state index contributed by atoms with van der Waals surface area (Å²) in [6.45, 7) is -1.16. The van der Waals surface area contributed by atoms with Crippen molar-refractivity contribution in [3.8, 4) is 0 Å². The van der Waals surface area contributed by atoms with Gasteiger partial charge in [0.2, 0.25) is 0 Å². The summed E-state index contributed by atoms with van der Waals surface area (Å²) in [7, 11) is 0. The van der Waals surface area contributed by atoms with Gasteiger partial charge in [-0.25, -0.2) is 9.37 Å². The van der Waals surface area contributed by atoms with E-state index >= 15 is 0 Å². The standard InChI is InChI=1S/C14H10Cl2FN3O2/c15-9-2-1-3-10(16)13(9)14(22)19-8-4-5-18-11(6-8)20-12(21)7-17/h1-6H,7H2,(H2,18,19,20,21,22). The molecule has 1 heterocycles. The number of aromatic nitrogens is 1. The molecule has 0 atom stereocenters. The van der Waals surface area contributed by atoms with Crippen LogP contribution in [0.5, 0.6) is 0 Å². The summed E-state index contributed by atoms with van der Waals surface area (Å²) in [5, 5.41) is 5.24. The van der Waals surface area contributed by atoms with E-state index in [0.717, 1.165) is 0 Å². The zero-order chi connectivity index (χ0) is 16.1. The zero-order valence-corrected chi connectivity index (χ0v) is 12.6. The third kappa shape index (κ3) is 3.93. The summed E-state index contributed by atoms with van der Waals surface area (Å²) in [6, 6.07) is 7.60. The lowest BCUT2D eigenvalue weighted by Gasteiger charge is -2.09. The molecule has 0 saturated carbocycles. The Balaban J connectivity index is 2.18. The van der Waals surface area contributed by atoms with Crippen molar-refractivity contribution in [3.63, 3.8) is 0 Å². The van der Waals surface area contributed by atoms with Crippen LogP contribution in [0.15, 0.2) is 36.5 Å². The summed E-state index contributed by atoms with van der Waals surface area (Å²) >= 11 is 11.9. The SMILES string of the molecule is O=C(CF)Nc1cc(NC(=O)c2c(Cl)cccc2Cl)ccn1. The molecular weight excluding hydrogens is 332 g/mol. The molecule has 22 heavy (non-hydrogen) atoms. The second kappa shape index (κ2) is 7.20. The maximum absolute atomic E-state index is 12.2. The van der Waals surface area contributed by atoms with Crippen LogP contribution >= 0.6 is 23.2 Å². The number of alkyl halides is 1. The molecule has 0 aliphatic rings. The summed E-state index contributed by atoms with van der Waals surface area (Å²) < 4.78 is 12.2. The molecule has 1 aromatic carbocycles. The van der Waals surface area contributed by atoms with Crippen molar-refractivity contribution in [2.24, 2.45) is 0 Å². The Kier molecular flexibility index (Phi) is 5.30. The minimum atomic E-state index is -1.16. The number of rotatable bonds is 4. The summed E-state index contributed by atoms with van der Waals surface area (Å²) in [4.78, 5) is 27.0. The summed E-state index contributed by atoms with van der Waals surface area (Å²) in [5.74, 6) is -1.22. The Labute approximate surface area is 135 Å². The largest absolute Gasteiger partial charge is 0.322 e. The molecular formula is C14H10Cl2FN3O2. The molecule has 0 saturated heterocycles. The van der Waals surface area contributed by atoms with Gasteiger partial charge in [0.15, 0.2) is 6.67 Å². The summed E-state index contributed by atoms with van der Waals surface area (Å²) in [6.07, 6.45) is 1.36. The highest BCUT2D eigenvalue weighted by Crippen LogP contribution is 2.25. The highest BCUT2D eigenvalue weighted by Gasteiger charge is 2.15. The highest BCUT2D eigenvalue weighted by atomic mass is 35.5. The molecule has 0 aliphatic carbocycles. The van der Waals surface area contributed by atoms with E-state index in [0.29, 0.717) is 5.69 Å². The van der Waals surface area contributed by atoms with Crippen LogP contribution in [-0.4, -0.2) is 23.5 Å². The molecule has 0 bridgehead atoms. The van der Waals surface area contributed by atoms with Crippen LogP contribution in [0.3, 0.4) is 0 Å². The van der Waals surface area contributed by atoms with Crippen molar-refractivity contribution in [3.05, 3.63) is 52.1 Å². The van der Waals surface area contributed by atoms with Gasteiger partial charge < -0.3 is 10.6 Å². The smallest absolute Gasteiger partial charge is 0.258 e. The van der Waals surface area contributed by atoms with Crippen LogP contribution in [0.25, 0.3) is 0 Å². The number of benzene rings is 1. The minimum Gasteiger partial charge on any atom is -0.322 e. The lowest BCUT2D eigenvalue weighted by molar-refractivity contribution is -0.117. The van der Waals surface area contributed by atoms with Gasteiger partial charge in [-0.1, -0.05) is 29.3 Å². The van der Waals surface area contributed by atoms with Gasteiger partial charge in [-0.15, -0.1) is 0 Å². The third-order valence-corrected chi connectivity index (χ3v) is 3.23. The number of halogens is 3. The maximum Gasteiger partial charge on any atom is 0.258 e. The molecule has 0 fully saturated rings. The predicted molar refractivity (Wildman–Crippen MR) is 83.3 cm³/mol. The van der Waals surface area contributed by atoms with Gasteiger partial charge in [-0.2, -0.15) is 0 Å². The lowest BCUT2D eigenvalue weighted by atomic mass is 10.2. The van der Waals surface area contributed by atoms with Crippen LogP contribution in [0, 0.1) is 0 Å². The third-order valence-electron chi connectivity index (χ3n) is 2.60. The molecule has 2 amide bonds. The second-order valence-electron chi connectivity index (χ2n) is 4.16. The first kappa shape index (κ1) is 16.2. The van der Waals surface area contributed by atoms with E-state index in [9.17, 15) is 14.0 Å². The average molecular weight is 342 g/mol.